The molecule has 0 amide bonds. The molecular weight excluding hydrogens is 264 g/mol. The molecule has 4 heteroatoms. The maximum absolute atomic E-state index is 12.6. The molecule has 1 fully saturated rings. The largest absolute Gasteiger partial charge is 0.382 e. The summed E-state index contributed by atoms with van der Waals surface area (Å²) in [7, 11) is 1.93. The van der Waals surface area contributed by atoms with Gasteiger partial charge in [-0.1, -0.05) is 37.8 Å². The Hall–Kier alpha value is -1.68. The third-order valence-corrected chi connectivity index (χ3v) is 4.65. The summed E-state index contributed by atoms with van der Waals surface area (Å²) >= 11 is 0. The Bertz CT molecular complexity index is 652. The zero-order valence-electron chi connectivity index (χ0n) is 12.5. The van der Waals surface area contributed by atoms with E-state index in [1.807, 2.05) is 35.9 Å². The number of carbonyl (C=O) groups excluding carboxylic acids is 1. The molecule has 1 N–H and O–H groups in total. The second-order valence-corrected chi connectivity index (χ2v) is 6.12. The van der Waals surface area contributed by atoms with E-state index in [4.69, 9.17) is 0 Å². The van der Waals surface area contributed by atoms with Gasteiger partial charge in [-0.3, -0.25) is 4.79 Å². The summed E-state index contributed by atoms with van der Waals surface area (Å²) in [5.41, 5.74) is 0.776. The molecule has 1 aliphatic rings. The summed E-state index contributed by atoms with van der Waals surface area (Å²) in [5.74, 6) is 0.654. The first-order valence-corrected chi connectivity index (χ1v) is 7.76. The highest BCUT2D eigenvalue weighted by atomic mass is 16.3. The van der Waals surface area contributed by atoms with Crippen LogP contribution in [0.5, 0.6) is 0 Å². The van der Waals surface area contributed by atoms with E-state index < -0.39 is 5.60 Å². The molecule has 0 radical (unpaired) electrons. The van der Waals surface area contributed by atoms with Gasteiger partial charge < -0.3 is 9.67 Å². The van der Waals surface area contributed by atoms with Crippen molar-refractivity contribution in [3.8, 4) is 0 Å². The van der Waals surface area contributed by atoms with Crippen LogP contribution in [0.1, 0.15) is 44.3 Å². The monoisotopic (exact) mass is 286 g/mol. The number of para-hydroxylation sites is 2. The van der Waals surface area contributed by atoms with E-state index in [0.29, 0.717) is 12.8 Å². The number of aromatic nitrogens is 2. The molecule has 1 heterocycles. The van der Waals surface area contributed by atoms with Crippen molar-refractivity contribution in [1.82, 2.24) is 9.55 Å². The van der Waals surface area contributed by atoms with Crippen LogP contribution in [-0.4, -0.2) is 26.0 Å². The number of carbonyl (C=O) groups is 1. The molecule has 0 spiro atoms. The van der Waals surface area contributed by atoms with Gasteiger partial charge in [0.1, 0.15) is 11.4 Å². The normalized spacial score (nSPS) is 18.6. The van der Waals surface area contributed by atoms with Gasteiger partial charge in [0.15, 0.2) is 5.78 Å². The number of aliphatic hydroxyl groups is 1. The molecular formula is C17H22N2O2. The van der Waals surface area contributed by atoms with Gasteiger partial charge >= 0.3 is 0 Å². The molecule has 112 valence electrons. The maximum Gasteiger partial charge on any atom is 0.171 e. The Morgan fingerprint density at radius 2 is 1.90 bits per heavy atom. The minimum Gasteiger partial charge on any atom is -0.382 e. The number of rotatable bonds is 3. The summed E-state index contributed by atoms with van der Waals surface area (Å²) < 4.78 is 1.95. The fraction of sp³-hybridized carbons (Fsp3) is 0.529. The van der Waals surface area contributed by atoms with E-state index in [-0.39, 0.29) is 12.2 Å². The van der Waals surface area contributed by atoms with Gasteiger partial charge in [0, 0.05) is 7.05 Å². The third-order valence-electron chi connectivity index (χ3n) is 4.65. The van der Waals surface area contributed by atoms with Crippen LogP contribution < -0.4 is 0 Å². The van der Waals surface area contributed by atoms with Crippen LogP contribution in [0.2, 0.25) is 0 Å². The Balaban J connectivity index is 1.84. The first-order chi connectivity index (χ1) is 10.1. The van der Waals surface area contributed by atoms with Crippen molar-refractivity contribution in [2.24, 2.45) is 7.05 Å². The standard InChI is InChI=1S/C17H22N2O2/c1-19-14-9-5-4-8-13(14)18-16(19)12-15(20)17(21)10-6-2-3-7-11-17/h4-5,8-9,21H,2-3,6-7,10-12H2,1H3. The minimum atomic E-state index is -1.14. The summed E-state index contributed by atoms with van der Waals surface area (Å²) in [6.45, 7) is 0. The van der Waals surface area contributed by atoms with Gasteiger partial charge in [0.05, 0.1) is 17.5 Å². The second kappa shape index (κ2) is 5.60. The fourth-order valence-corrected chi connectivity index (χ4v) is 3.25. The summed E-state index contributed by atoms with van der Waals surface area (Å²) in [4.78, 5) is 17.1. The fourth-order valence-electron chi connectivity index (χ4n) is 3.25. The van der Waals surface area contributed by atoms with Crippen LogP contribution >= 0.6 is 0 Å². The number of aryl methyl sites for hydroxylation is 1. The molecule has 1 aliphatic carbocycles. The lowest BCUT2D eigenvalue weighted by molar-refractivity contribution is -0.138. The van der Waals surface area contributed by atoms with Crippen LogP contribution in [0.25, 0.3) is 11.0 Å². The maximum atomic E-state index is 12.6. The molecule has 0 atom stereocenters. The number of fused-ring (bicyclic) bond motifs is 1. The number of imidazole rings is 1. The smallest absolute Gasteiger partial charge is 0.171 e. The summed E-state index contributed by atoms with van der Waals surface area (Å²) in [6.07, 6.45) is 5.49. The van der Waals surface area contributed by atoms with Crippen molar-refractivity contribution in [2.45, 2.75) is 50.5 Å². The quantitative estimate of drug-likeness (QED) is 0.883. The van der Waals surface area contributed by atoms with Crippen molar-refractivity contribution in [2.75, 3.05) is 0 Å². The van der Waals surface area contributed by atoms with Gasteiger partial charge in [-0.25, -0.2) is 4.98 Å². The Labute approximate surface area is 124 Å². The first kappa shape index (κ1) is 14.3. The van der Waals surface area contributed by atoms with Crippen molar-refractivity contribution < 1.29 is 9.90 Å². The molecule has 21 heavy (non-hydrogen) atoms. The van der Waals surface area contributed by atoms with E-state index in [1.54, 1.807) is 0 Å². The summed E-state index contributed by atoms with van der Waals surface area (Å²) in [6, 6.07) is 7.86. The van der Waals surface area contributed by atoms with Crippen LogP contribution in [-0.2, 0) is 18.3 Å². The zero-order chi connectivity index (χ0) is 14.9. The summed E-state index contributed by atoms with van der Waals surface area (Å²) in [5, 5.41) is 10.7. The predicted molar refractivity (Wildman–Crippen MR) is 82.1 cm³/mol. The van der Waals surface area contributed by atoms with Crippen molar-refractivity contribution in [3.05, 3.63) is 30.1 Å². The van der Waals surface area contributed by atoms with E-state index in [2.05, 4.69) is 4.98 Å². The van der Waals surface area contributed by atoms with E-state index >= 15 is 0 Å². The lowest BCUT2D eigenvalue weighted by Gasteiger charge is -2.24. The van der Waals surface area contributed by atoms with Crippen molar-refractivity contribution in [3.63, 3.8) is 0 Å². The van der Waals surface area contributed by atoms with Crippen LogP contribution in [0.15, 0.2) is 24.3 Å². The van der Waals surface area contributed by atoms with Gasteiger partial charge in [-0.2, -0.15) is 0 Å². The molecule has 0 unspecified atom stereocenters. The minimum absolute atomic E-state index is 0.0807. The molecule has 0 bridgehead atoms. The number of Topliss-reactive ketones (excluding diaryl/α,β-unsaturated/α-hetero) is 1. The number of nitrogens with zero attached hydrogens (tertiary/aromatic N) is 2. The van der Waals surface area contributed by atoms with Crippen LogP contribution in [0.4, 0.5) is 0 Å². The van der Waals surface area contributed by atoms with Gasteiger partial charge in [-0.05, 0) is 25.0 Å². The highest BCUT2D eigenvalue weighted by Gasteiger charge is 2.36. The highest BCUT2D eigenvalue weighted by Crippen LogP contribution is 2.29. The van der Waals surface area contributed by atoms with Gasteiger partial charge in [0.2, 0.25) is 0 Å². The topological polar surface area (TPSA) is 55.1 Å². The molecule has 2 aromatic rings. The Morgan fingerprint density at radius 3 is 2.57 bits per heavy atom. The van der Waals surface area contributed by atoms with Crippen LogP contribution in [0.3, 0.4) is 0 Å². The third kappa shape index (κ3) is 2.72. The number of hydrogen-bond donors (Lipinski definition) is 1. The van der Waals surface area contributed by atoms with E-state index in [9.17, 15) is 9.90 Å². The predicted octanol–water partition coefficient (Wildman–Crippen LogP) is 2.77. The molecule has 4 nitrogen and oxygen atoms in total. The average molecular weight is 286 g/mol. The van der Waals surface area contributed by atoms with E-state index in [1.165, 1.54) is 0 Å². The molecule has 0 aliphatic heterocycles. The van der Waals surface area contributed by atoms with E-state index in [0.717, 1.165) is 42.5 Å². The number of ketones is 1. The number of hydrogen-bond acceptors (Lipinski definition) is 3. The Morgan fingerprint density at radius 1 is 1.24 bits per heavy atom. The van der Waals surface area contributed by atoms with Crippen molar-refractivity contribution >= 4 is 16.8 Å². The molecule has 1 saturated carbocycles. The van der Waals surface area contributed by atoms with Gasteiger partial charge in [-0.15, -0.1) is 0 Å². The zero-order valence-corrected chi connectivity index (χ0v) is 12.5. The first-order valence-electron chi connectivity index (χ1n) is 7.76. The second-order valence-electron chi connectivity index (χ2n) is 6.12. The van der Waals surface area contributed by atoms with Gasteiger partial charge in [0.25, 0.3) is 0 Å². The lowest BCUT2D eigenvalue weighted by Crippen LogP contribution is -2.39. The molecule has 0 saturated heterocycles. The van der Waals surface area contributed by atoms with Crippen molar-refractivity contribution in [1.29, 1.82) is 0 Å². The SMILES string of the molecule is Cn1c(CC(=O)C2(O)CCCCCC2)nc2ccccc21. The average Bonchev–Trinajstić information content (AvgIpc) is 2.65. The van der Waals surface area contributed by atoms with Crippen LogP contribution in [0, 0.1) is 0 Å². The Kier molecular flexibility index (Phi) is 3.81. The molecule has 1 aromatic carbocycles. The lowest BCUT2D eigenvalue weighted by atomic mass is 9.88. The number of benzene rings is 1. The molecule has 3 rings (SSSR count). The molecule has 1 aromatic heterocycles. The highest BCUT2D eigenvalue weighted by molar-refractivity contribution is 5.89.